The van der Waals surface area contributed by atoms with E-state index in [9.17, 15) is 9.59 Å². The van der Waals surface area contributed by atoms with E-state index in [1.54, 1.807) is 36.3 Å². The van der Waals surface area contributed by atoms with Gasteiger partial charge in [0.2, 0.25) is 5.91 Å². The third kappa shape index (κ3) is 6.95. The van der Waals surface area contributed by atoms with E-state index in [1.165, 1.54) is 0 Å². The van der Waals surface area contributed by atoms with Gasteiger partial charge in [-0.15, -0.1) is 0 Å². The van der Waals surface area contributed by atoms with Gasteiger partial charge in [0.05, 0.1) is 7.11 Å². The van der Waals surface area contributed by atoms with Gasteiger partial charge in [-0.05, 0) is 48.7 Å². The van der Waals surface area contributed by atoms with Crippen molar-refractivity contribution in [2.75, 3.05) is 20.3 Å². The maximum absolute atomic E-state index is 13.1. The molecule has 0 aromatic heterocycles. The van der Waals surface area contributed by atoms with Gasteiger partial charge < -0.3 is 19.7 Å². The second-order valence-electron chi connectivity index (χ2n) is 6.83. The van der Waals surface area contributed by atoms with E-state index in [4.69, 9.17) is 21.1 Å². The van der Waals surface area contributed by atoms with Crippen molar-refractivity contribution in [1.29, 1.82) is 0 Å². The number of rotatable bonds is 11. The fraction of sp³-hybridized carbons (Fsp3) is 0.391. The Hall–Kier alpha value is -2.73. The highest BCUT2D eigenvalue weighted by molar-refractivity contribution is 6.30. The third-order valence-electron chi connectivity index (χ3n) is 4.61. The predicted molar refractivity (Wildman–Crippen MR) is 118 cm³/mol. The number of benzene rings is 2. The molecule has 6 nitrogen and oxygen atoms in total. The quantitative estimate of drug-likeness (QED) is 0.581. The summed E-state index contributed by atoms with van der Waals surface area (Å²) >= 11 is 5.98. The monoisotopic (exact) mass is 432 g/mol. The molecule has 30 heavy (non-hydrogen) atoms. The minimum Gasteiger partial charge on any atom is -0.497 e. The number of methoxy groups -OCH3 is 1. The smallest absolute Gasteiger partial charge is 0.261 e. The average molecular weight is 433 g/mol. The average Bonchev–Trinajstić information content (AvgIpc) is 2.76. The van der Waals surface area contributed by atoms with Gasteiger partial charge >= 0.3 is 0 Å². The van der Waals surface area contributed by atoms with Crippen molar-refractivity contribution in [2.45, 2.75) is 39.3 Å². The Bertz CT molecular complexity index is 826. The van der Waals surface area contributed by atoms with Crippen LogP contribution in [0.5, 0.6) is 11.5 Å². The molecule has 0 aliphatic rings. The van der Waals surface area contributed by atoms with Gasteiger partial charge in [-0.1, -0.05) is 43.6 Å². The minimum absolute atomic E-state index is 0.163. The maximum atomic E-state index is 13.1. The second kappa shape index (κ2) is 12.1. The zero-order valence-corrected chi connectivity index (χ0v) is 18.4. The summed E-state index contributed by atoms with van der Waals surface area (Å²) in [4.78, 5) is 27.3. The van der Waals surface area contributed by atoms with Crippen LogP contribution in [0.15, 0.2) is 48.5 Å². The Morgan fingerprint density at radius 3 is 2.43 bits per heavy atom. The Morgan fingerprint density at radius 2 is 1.83 bits per heavy atom. The first-order chi connectivity index (χ1) is 14.5. The number of hydrogen-bond acceptors (Lipinski definition) is 4. The number of amides is 2. The zero-order valence-electron chi connectivity index (χ0n) is 17.7. The number of nitrogens with one attached hydrogen (secondary N) is 1. The molecular weight excluding hydrogens is 404 g/mol. The van der Waals surface area contributed by atoms with Crippen LogP contribution in [0, 0.1) is 0 Å². The van der Waals surface area contributed by atoms with Crippen LogP contribution >= 0.6 is 11.6 Å². The van der Waals surface area contributed by atoms with E-state index in [2.05, 4.69) is 5.32 Å². The lowest BCUT2D eigenvalue weighted by atomic mass is 10.1. The predicted octanol–water partition coefficient (Wildman–Crippen LogP) is 4.06. The first kappa shape index (κ1) is 23.5. The van der Waals surface area contributed by atoms with Gasteiger partial charge in [0.1, 0.15) is 17.5 Å². The number of hydrogen-bond donors (Lipinski definition) is 1. The minimum atomic E-state index is -0.589. The SMILES string of the molecule is CCCNC(=O)[C@@H](CC)N(Cc1ccc(OC)cc1)C(=O)COc1cccc(Cl)c1. The molecule has 7 heteroatoms. The van der Waals surface area contributed by atoms with E-state index < -0.39 is 6.04 Å². The molecular formula is C23H29ClN2O4. The van der Waals surface area contributed by atoms with Gasteiger partial charge in [0, 0.05) is 18.1 Å². The fourth-order valence-electron chi connectivity index (χ4n) is 3.00. The highest BCUT2D eigenvalue weighted by Gasteiger charge is 2.28. The lowest BCUT2D eigenvalue weighted by Gasteiger charge is -2.30. The molecule has 0 spiro atoms. The normalized spacial score (nSPS) is 11.5. The van der Waals surface area contributed by atoms with Crippen molar-refractivity contribution < 1.29 is 19.1 Å². The molecule has 1 atom stereocenters. The molecule has 0 aliphatic heterocycles. The van der Waals surface area contributed by atoms with E-state index in [-0.39, 0.29) is 18.4 Å². The summed E-state index contributed by atoms with van der Waals surface area (Å²) in [6.45, 7) is 4.55. The Kier molecular flexibility index (Phi) is 9.48. The van der Waals surface area contributed by atoms with Crippen LogP contribution in [0.25, 0.3) is 0 Å². The van der Waals surface area contributed by atoms with Crippen molar-refractivity contribution in [3.05, 3.63) is 59.1 Å². The Balaban J connectivity index is 2.18. The summed E-state index contributed by atoms with van der Waals surface area (Å²) in [5.41, 5.74) is 0.897. The number of halogens is 1. The molecule has 0 aliphatic carbocycles. The van der Waals surface area contributed by atoms with Gasteiger partial charge in [-0.25, -0.2) is 0 Å². The summed E-state index contributed by atoms with van der Waals surface area (Å²) in [5.74, 6) is 0.797. The summed E-state index contributed by atoms with van der Waals surface area (Å²) in [7, 11) is 1.60. The van der Waals surface area contributed by atoms with E-state index in [1.807, 2.05) is 38.1 Å². The molecule has 0 saturated carbocycles. The molecule has 2 aromatic carbocycles. The first-order valence-corrected chi connectivity index (χ1v) is 10.4. The Labute approximate surface area is 183 Å². The summed E-state index contributed by atoms with van der Waals surface area (Å²) in [5, 5.41) is 3.42. The molecule has 0 bridgehead atoms. The molecule has 0 fully saturated rings. The van der Waals surface area contributed by atoms with Crippen molar-refractivity contribution in [3.63, 3.8) is 0 Å². The van der Waals surface area contributed by atoms with Gasteiger partial charge in [-0.2, -0.15) is 0 Å². The number of nitrogens with zero attached hydrogens (tertiary/aromatic N) is 1. The van der Waals surface area contributed by atoms with Crippen molar-refractivity contribution >= 4 is 23.4 Å². The van der Waals surface area contributed by atoms with E-state index in [0.29, 0.717) is 30.3 Å². The van der Waals surface area contributed by atoms with Crippen LogP contribution in [0.3, 0.4) is 0 Å². The Morgan fingerprint density at radius 1 is 1.10 bits per heavy atom. The lowest BCUT2D eigenvalue weighted by Crippen LogP contribution is -2.50. The summed E-state index contributed by atoms with van der Waals surface area (Å²) < 4.78 is 10.8. The molecule has 0 heterocycles. The lowest BCUT2D eigenvalue weighted by molar-refractivity contribution is -0.143. The summed E-state index contributed by atoms with van der Waals surface area (Å²) in [6.07, 6.45) is 1.32. The van der Waals surface area contributed by atoms with Crippen LogP contribution < -0.4 is 14.8 Å². The molecule has 2 amide bonds. The number of ether oxygens (including phenoxy) is 2. The molecule has 2 rings (SSSR count). The molecule has 0 saturated heterocycles. The van der Waals surface area contributed by atoms with E-state index >= 15 is 0 Å². The molecule has 1 N–H and O–H groups in total. The van der Waals surface area contributed by atoms with Gasteiger partial charge in [-0.3, -0.25) is 9.59 Å². The topological polar surface area (TPSA) is 67.9 Å². The molecule has 0 unspecified atom stereocenters. The third-order valence-corrected chi connectivity index (χ3v) is 4.84. The summed E-state index contributed by atoms with van der Waals surface area (Å²) in [6, 6.07) is 13.7. The van der Waals surface area contributed by atoms with Crippen molar-refractivity contribution in [1.82, 2.24) is 10.2 Å². The standard InChI is InChI=1S/C23H29ClN2O4/c1-4-13-25-23(28)21(5-2)26(15-17-9-11-19(29-3)12-10-17)22(27)16-30-20-8-6-7-18(24)14-20/h6-12,14,21H,4-5,13,15-16H2,1-3H3,(H,25,28)/t21-/m1/s1. The number of carbonyl (C=O) groups is 2. The van der Waals surface area contributed by atoms with E-state index in [0.717, 1.165) is 17.7 Å². The van der Waals surface area contributed by atoms with Crippen LogP contribution in [0.4, 0.5) is 0 Å². The number of carbonyl (C=O) groups excluding carboxylic acids is 2. The van der Waals surface area contributed by atoms with Crippen LogP contribution in [-0.4, -0.2) is 43.0 Å². The van der Waals surface area contributed by atoms with Gasteiger partial charge in [0.25, 0.3) is 5.91 Å². The first-order valence-electron chi connectivity index (χ1n) is 10.1. The van der Waals surface area contributed by atoms with Crippen LogP contribution in [0.1, 0.15) is 32.3 Å². The molecule has 2 aromatic rings. The molecule has 0 radical (unpaired) electrons. The van der Waals surface area contributed by atoms with Gasteiger partial charge in [0.15, 0.2) is 6.61 Å². The van der Waals surface area contributed by atoms with Crippen molar-refractivity contribution in [3.8, 4) is 11.5 Å². The van der Waals surface area contributed by atoms with Crippen LogP contribution in [-0.2, 0) is 16.1 Å². The highest BCUT2D eigenvalue weighted by atomic mass is 35.5. The molecule has 162 valence electrons. The second-order valence-corrected chi connectivity index (χ2v) is 7.27. The fourth-order valence-corrected chi connectivity index (χ4v) is 3.18. The highest BCUT2D eigenvalue weighted by Crippen LogP contribution is 2.19. The maximum Gasteiger partial charge on any atom is 0.261 e. The van der Waals surface area contributed by atoms with Crippen LogP contribution in [0.2, 0.25) is 5.02 Å². The largest absolute Gasteiger partial charge is 0.497 e. The zero-order chi connectivity index (χ0) is 21.9. The van der Waals surface area contributed by atoms with Crippen molar-refractivity contribution in [2.24, 2.45) is 0 Å².